The van der Waals surface area contributed by atoms with E-state index in [-0.39, 0.29) is 5.69 Å². The molecule has 8 nitrogen and oxygen atoms in total. The van der Waals surface area contributed by atoms with Crippen molar-refractivity contribution < 1.29 is 19.1 Å². The molecule has 0 aliphatic rings. The van der Waals surface area contributed by atoms with Crippen LogP contribution in [0.1, 0.15) is 21.0 Å². The summed E-state index contributed by atoms with van der Waals surface area (Å²) >= 11 is 1.38. The highest BCUT2D eigenvalue weighted by Gasteiger charge is 2.20. The van der Waals surface area contributed by atoms with Crippen molar-refractivity contribution in [1.29, 1.82) is 0 Å². The number of imidazole rings is 1. The Hall–Kier alpha value is -3.33. The number of nitrogens with one attached hydrogen (secondary N) is 1. The average Bonchev–Trinajstić information content (AvgIpc) is 3.32. The first kappa shape index (κ1) is 19.4. The number of carbonyl (C=O) groups is 3. The molecule has 2 heterocycles. The van der Waals surface area contributed by atoms with Gasteiger partial charge in [-0.05, 0) is 30.5 Å². The van der Waals surface area contributed by atoms with E-state index in [0.717, 1.165) is 5.69 Å². The normalized spacial score (nSPS) is 10.5. The molecular formula is C19H18N4O4S. The third-order valence-electron chi connectivity index (χ3n) is 3.90. The first-order valence-corrected chi connectivity index (χ1v) is 9.53. The molecule has 0 radical (unpaired) electrons. The van der Waals surface area contributed by atoms with E-state index in [2.05, 4.69) is 10.3 Å². The van der Waals surface area contributed by atoms with Crippen molar-refractivity contribution in [3.05, 3.63) is 66.2 Å². The van der Waals surface area contributed by atoms with E-state index < -0.39 is 24.4 Å². The number of esters is 1. The highest BCUT2D eigenvalue weighted by molar-refractivity contribution is 7.98. The molecule has 0 aliphatic heterocycles. The second-order valence-electron chi connectivity index (χ2n) is 5.76. The molecule has 2 amide bonds. The van der Waals surface area contributed by atoms with Crippen LogP contribution in [0.15, 0.2) is 60.0 Å². The molecule has 0 atom stereocenters. The van der Waals surface area contributed by atoms with Crippen molar-refractivity contribution in [3.63, 3.8) is 0 Å². The van der Waals surface area contributed by atoms with Gasteiger partial charge in [0.1, 0.15) is 5.69 Å². The summed E-state index contributed by atoms with van der Waals surface area (Å²) in [7, 11) is 1.69. The number of aromatic nitrogens is 3. The van der Waals surface area contributed by atoms with Gasteiger partial charge in [0.05, 0.1) is 6.20 Å². The SMILES string of the molecule is CSc1ncc(C(=O)OCC(=O)NC(=O)c2cccn2C)n1-c1ccccc1. The highest BCUT2D eigenvalue weighted by Crippen LogP contribution is 2.22. The summed E-state index contributed by atoms with van der Waals surface area (Å²) in [6.07, 6.45) is 4.93. The van der Waals surface area contributed by atoms with Gasteiger partial charge in [0.15, 0.2) is 17.5 Å². The Morgan fingerprint density at radius 1 is 1.11 bits per heavy atom. The fourth-order valence-electron chi connectivity index (χ4n) is 2.58. The Kier molecular flexibility index (Phi) is 5.95. The maximum absolute atomic E-state index is 12.5. The Labute approximate surface area is 165 Å². The summed E-state index contributed by atoms with van der Waals surface area (Å²) in [5, 5.41) is 2.80. The summed E-state index contributed by atoms with van der Waals surface area (Å²) in [5.41, 5.74) is 1.27. The highest BCUT2D eigenvalue weighted by atomic mass is 32.2. The van der Waals surface area contributed by atoms with Crippen molar-refractivity contribution in [2.45, 2.75) is 5.16 Å². The molecule has 0 spiro atoms. The quantitative estimate of drug-likeness (QED) is 0.504. The molecule has 0 fully saturated rings. The molecule has 1 aromatic carbocycles. The van der Waals surface area contributed by atoms with Crippen LogP contribution in [0, 0.1) is 0 Å². The number of carbonyl (C=O) groups excluding carboxylic acids is 3. The van der Waals surface area contributed by atoms with Crippen molar-refractivity contribution in [3.8, 4) is 5.69 Å². The van der Waals surface area contributed by atoms with Crippen LogP contribution < -0.4 is 5.32 Å². The minimum absolute atomic E-state index is 0.192. The third-order valence-corrected chi connectivity index (χ3v) is 4.55. The lowest BCUT2D eigenvalue weighted by molar-refractivity contribution is -0.123. The minimum atomic E-state index is -0.713. The van der Waals surface area contributed by atoms with Crippen LogP contribution in [0.3, 0.4) is 0 Å². The summed E-state index contributed by atoms with van der Waals surface area (Å²) in [5.74, 6) is -1.99. The number of thioether (sulfide) groups is 1. The van der Waals surface area contributed by atoms with Gasteiger partial charge < -0.3 is 9.30 Å². The summed E-state index contributed by atoms with van der Waals surface area (Å²) in [4.78, 5) is 40.7. The third kappa shape index (κ3) is 4.15. The molecular weight excluding hydrogens is 380 g/mol. The van der Waals surface area contributed by atoms with Gasteiger partial charge in [-0.2, -0.15) is 0 Å². The lowest BCUT2D eigenvalue weighted by atomic mass is 10.3. The number of para-hydroxylation sites is 1. The molecule has 0 bridgehead atoms. The number of aryl methyl sites for hydroxylation is 1. The second kappa shape index (κ2) is 8.57. The van der Waals surface area contributed by atoms with E-state index in [1.807, 2.05) is 36.6 Å². The fourth-order valence-corrected chi connectivity index (χ4v) is 3.12. The number of hydrogen-bond acceptors (Lipinski definition) is 6. The summed E-state index contributed by atoms with van der Waals surface area (Å²) < 4.78 is 8.31. The van der Waals surface area contributed by atoms with Gasteiger partial charge in [-0.25, -0.2) is 9.78 Å². The van der Waals surface area contributed by atoms with Crippen LogP contribution in [0.5, 0.6) is 0 Å². The van der Waals surface area contributed by atoms with E-state index in [4.69, 9.17) is 4.74 Å². The molecule has 0 saturated carbocycles. The van der Waals surface area contributed by atoms with E-state index in [1.165, 1.54) is 18.0 Å². The summed E-state index contributed by atoms with van der Waals surface area (Å²) in [6.45, 7) is -0.580. The molecule has 0 aliphatic carbocycles. The molecule has 0 unspecified atom stereocenters. The largest absolute Gasteiger partial charge is 0.451 e. The van der Waals surface area contributed by atoms with Gasteiger partial charge in [-0.15, -0.1) is 0 Å². The fraction of sp³-hybridized carbons (Fsp3) is 0.158. The number of hydrogen-bond donors (Lipinski definition) is 1. The van der Waals surface area contributed by atoms with Gasteiger partial charge in [0, 0.05) is 18.9 Å². The lowest BCUT2D eigenvalue weighted by Crippen LogP contribution is -2.35. The van der Waals surface area contributed by atoms with Crippen LogP contribution in [0.2, 0.25) is 0 Å². The molecule has 28 heavy (non-hydrogen) atoms. The number of ether oxygens (including phenoxy) is 1. The number of benzene rings is 1. The lowest BCUT2D eigenvalue weighted by Gasteiger charge is -2.10. The van der Waals surface area contributed by atoms with Gasteiger partial charge >= 0.3 is 5.97 Å². The van der Waals surface area contributed by atoms with E-state index in [9.17, 15) is 14.4 Å². The van der Waals surface area contributed by atoms with Crippen LogP contribution in [-0.2, 0) is 16.6 Å². The first-order valence-electron chi connectivity index (χ1n) is 8.31. The molecule has 3 rings (SSSR count). The van der Waals surface area contributed by atoms with Crippen LogP contribution in [0.4, 0.5) is 0 Å². The second-order valence-corrected chi connectivity index (χ2v) is 6.53. The van der Waals surface area contributed by atoms with Crippen molar-refractivity contribution >= 4 is 29.5 Å². The predicted octanol–water partition coefficient (Wildman–Crippen LogP) is 2.05. The van der Waals surface area contributed by atoms with E-state index in [0.29, 0.717) is 10.9 Å². The van der Waals surface area contributed by atoms with Crippen molar-refractivity contribution in [1.82, 2.24) is 19.4 Å². The monoisotopic (exact) mass is 398 g/mol. The van der Waals surface area contributed by atoms with Crippen LogP contribution >= 0.6 is 11.8 Å². The van der Waals surface area contributed by atoms with Gasteiger partial charge in [-0.1, -0.05) is 30.0 Å². The molecule has 3 aromatic rings. The van der Waals surface area contributed by atoms with Crippen LogP contribution in [0.25, 0.3) is 5.69 Å². The average molecular weight is 398 g/mol. The zero-order valence-electron chi connectivity index (χ0n) is 15.3. The van der Waals surface area contributed by atoms with E-state index in [1.54, 1.807) is 34.5 Å². The van der Waals surface area contributed by atoms with Gasteiger partial charge in [0.2, 0.25) is 0 Å². The molecule has 0 saturated heterocycles. The predicted molar refractivity (Wildman–Crippen MR) is 104 cm³/mol. The zero-order chi connectivity index (χ0) is 20.1. The standard InChI is InChI=1S/C19H18N4O4S/c1-22-10-6-9-14(22)17(25)21-16(24)12-27-18(26)15-11-20-19(28-2)23(15)13-7-4-3-5-8-13/h3-11H,12H2,1-2H3,(H,21,24,25). The van der Waals surface area contributed by atoms with Gasteiger partial charge in [-0.3, -0.25) is 19.5 Å². The van der Waals surface area contributed by atoms with Crippen molar-refractivity contribution in [2.75, 3.05) is 12.9 Å². The molecule has 9 heteroatoms. The molecule has 144 valence electrons. The van der Waals surface area contributed by atoms with E-state index >= 15 is 0 Å². The van der Waals surface area contributed by atoms with Gasteiger partial charge in [0.25, 0.3) is 11.8 Å². The van der Waals surface area contributed by atoms with Crippen molar-refractivity contribution in [2.24, 2.45) is 7.05 Å². The smallest absolute Gasteiger partial charge is 0.357 e. The number of rotatable bonds is 6. The summed E-state index contributed by atoms with van der Waals surface area (Å²) in [6, 6.07) is 12.5. The number of amides is 2. The number of imide groups is 1. The molecule has 1 N–H and O–H groups in total. The maximum Gasteiger partial charge on any atom is 0.357 e. The number of nitrogens with zero attached hydrogens (tertiary/aromatic N) is 3. The zero-order valence-corrected chi connectivity index (χ0v) is 16.1. The maximum atomic E-state index is 12.5. The first-order chi connectivity index (χ1) is 13.5. The molecule has 2 aromatic heterocycles. The Bertz CT molecular complexity index is 1010. The Balaban J connectivity index is 1.67. The minimum Gasteiger partial charge on any atom is -0.451 e. The topological polar surface area (TPSA) is 95.2 Å². The Morgan fingerprint density at radius 3 is 2.50 bits per heavy atom. The van der Waals surface area contributed by atoms with Crippen LogP contribution in [-0.4, -0.2) is 44.8 Å². The Morgan fingerprint density at radius 2 is 1.86 bits per heavy atom.